The van der Waals surface area contributed by atoms with Gasteiger partial charge in [-0.05, 0) is 25.7 Å². The van der Waals surface area contributed by atoms with Crippen LogP contribution >= 0.6 is 0 Å². The second-order valence-corrected chi connectivity index (χ2v) is 4.95. The molecule has 0 unspecified atom stereocenters. The normalized spacial score (nSPS) is 10.3. The molecule has 0 bridgehead atoms. The molecule has 0 saturated heterocycles. The van der Waals surface area contributed by atoms with E-state index >= 15 is 0 Å². The molecule has 0 aromatic carbocycles. The Labute approximate surface area is 121 Å². The van der Waals surface area contributed by atoms with E-state index in [2.05, 4.69) is 0 Å². The Morgan fingerprint density at radius 1 is 0.700 bits per heavy atom. The highest BCUT2D eigenvalue weighted by atomic mass is 16.4. The van der Waals surface area contributed by atoms with E-state index in [9.17, 15) is 9.59 Å². The summed E-state index contributed by atoms with van der Waals surface area (Å²) in [5.41, 5.74) is 0. The molecule has 0 atom stereocenters. The number of hydrogen-bond donors (Lipinski definition) is 2. The van der Waals surface area contributed by atoms with E-state index < -0.39 is 12.2 Å². The van der Waals surface area contributed by atoms with E-state index in [1.807, 2.05) is 13.8 Å². The van der Waals surface area contributed by atoms with E-state index in [1.54, 1.807) is 0 Å². The molecule has 6 heteroatoms. The van der Waals surface area contributed by atoms with Crippen LogP contribution in [0.15, 0.2) is 0 Å². The van der Waals surface area contributed by atoms with Crippen LogP contribution < -0.4 is 0 Å². The molecule has 0 aliphatic rings. The summed E-state index contributed by atoms with van der Waals surface area (Å²) in [4.78, 5) is 24.7. The van der Waals surface area contributed by atoms with Crippen molar-refractivity contribution in [2.24, 2.45) is 0 Å². The van der Waals surface area contributed by atoms with Crippen LogP contribution in [0.2, 0.25) is 0 Å². The zero-order valence-electron chi connectivity index (χ0n) is 12.7. The molecule has 0 rings (SSSR count). The molecule has 0 fully saturated rings. The predicted molar refractivity (Wildman–Crippen MR) is 78.2 cm³/mol. The lowest BCUT2D eigenvalue weighted by Crippen LogP contribution is -2.31. The molecule has 0 aliphatic heterocycles. The van der Waals surface area contributed by atoms with E-state index in [4.69, 9.17) is 10.2 Å². The molecule has 2 amide bonds. The monoisotopic (exact) mass is 288 g/mol. The first-order valence-corrected chi connectivity index (χ1v) is 7.48. The van der Waals surface area contributed by atoms with E-state index in [0.717, 1.165) is 38.5 Å². The molecular weight excluding hydrogens is 260 g/mol. The molecule has 0 aliphatic carbocycles. The number of amides is 2. The Balaban J connectivity index is 3.69. The summed E-state index contributed by atoms with van der Waals surface area (Å²) < 4.78 is 0. The van der Waals surface area contributed by atoms with Crippen LogP contribution in [0.3, 0.4) is 0 Å². The minimum absolute atomic E-state index is 0.570. The quantitative estimate of drug-likeness (QED) is 0.571. The standard InChI is InChI=1S/C14H28N2O4/c1-3-9-15(13(17)18)11-7-5-6-8-12-16(10-4-2)14(19)20/h3-12H2,1-2H3,(H,17,18)(H,19,20). The summed E-state index contributed by atoms with van der Waals surface area (Å²) in [7, 11) is 0. The molecule has 0 aromatic heterocycles. The first kappa shape index (κ1) is 18.5. The van der Waals surface area contributed by atoms with Crippen molar-refractivity contribution < 1.29 is 19.8 Å². The van der Waals surface area contributed by atoms with Crippen LogP contribution in [0.25, 0.3) is 0 Å². The lowest BCUT2D eigenvalue weighted by Gasteiger charge is -2.19. The van der Waals surface area contributed by atoms with Crippen molar-refractivity contribution in [2.45, 2.75) is 52.4 Å². The van der Waals surface area contributed by atoms with Gasteiger partial charge in [0, 0.05) is 26.2 Å². The fourth-order valence-electron chi connectivity index (χ4n) is 2.10. The molecule has 118 valence electrons. The van der Waals surface area contributed by atoms with Gasteiger partial charge in [0.05, 0.1) is 0 Å². The van der Waals surface area contributed by atoms with E-state index in [0.29, 0.717) is 26.2 Å². The number of nitrogens with zero attached hydrogens (tertiary/aromatic N) is 2. The maximum atomic E-state index is 10.9. The maximum absolute atomic E-state index is 10.9. The van der Waals surface area contributed by atoms with Crippen molar-refractivity contribution in [2.75, 3.05) is 26.2 Å². The summed E-state index contributed by atoms with van der Waals surface area (Å²) in [5.74, 6) is 0. The Bertz CT molecular complexity index is 256. The lowest BCUT2D eigenvalue weighted by atomic mass is 10.2. The Hall–Kier alpha value is -1.46. The van der Waals surface area contributed by atoms with Crippen LogP contribution in [-0.4, -0.2) is 58.4 Å². The van der Waals surface area contributed by atoms with Crippen molar-refractivity contribution in [3.05, 3.63) is 0 Å². The minimum Gasteiger partial charge on any atom is -0.465 e. The third-order valence-electron chi connectivity index (χ3n) is 3.13. The summed E-state index contributed by atoms with van der Waals surface area (Å²) in [6.07, 6.45) is 3.51. The van der Waals surface area contributed by atoms with Gasteiger partial charge in [-0.25, -0.2) is 9.59 Å². The van der Waals surface area contributed by atoms with Crippen LogP contribution in [0.1, 0.15) is 52.4 Å². The molecule has 0 aromatic rings. The lowest BCUT2D eigenvalue weighted by molar-refractivity contribution is 0.141. The summed E-state index contributed by atoms with van der Waals surface area (Å²) in [6.45, 7) is 6.23. The van der Waals surface area contributed by atoms with E-state index in [1.165, 1.54) is 9.80 Å². The van der Waals surface area contributed by atoms with Crippen molar-refractivity contribution in [3.8, 4) is 0 Å². The zero-order valence-corrected chi connectivity index (χ0v) is 12.7. The smallest absolute Gasteiger partial charge is 0.407 e. The second kappa shape index (κ2) is 11.4. The first-order chi connectivity index (χ1) is 9.52. The van der Waals surface area contributed by atoms with Crippen LogP contribution in [0.4, 0.5) is 9.59 Å². The number of carbonyl (C=O) groups is 2. The number of hydrogen-bond acceptors (Lipinski definition) is 2. The average Bonchev–Trinajstić information content (AvgIpc) is 2.39. The van der Waals surface area contributed by atoms with E-state index in [-0.39, 0.29) is 0 Å². The van der Waals surface area contributed by atoms with Gasteiger partial charge in [0.2, 0.25) is 0 Å². The summed E-state index contributed by atoms with van der Waals surface area (Å²) >= 11 is 0. The largest absolute Gasteiger partial charge is 0.465 e. The Kier molecular flexibility index (Phi) is 10.5. The Morgan fingerprint density at radius 3 is 1.30 bits per heavy atom. The van der Waals surface area contributed by atoms with Crippen molar-refractivity contribution in [3.63, 3.8) is 0 Å². The van der Waals surface area contributed by atoms with Gasteiger partial charge >= 0.3 is 12.2 Å². The average molecular weight is 288 g/mol. The van der Waals surface area contributed by atoms with Crippen molar-refractivity contribution in [1.29, 1.82) is 0 Å². The summed E-state index contributed by atoms with van der Waals surface area (Å²) in [6, 6.07) is 0. The van der Waals surface area contributed by atoms with Gasteiger partial charge in [-0.3, -0.25) is 0 Å². The fraction of sp³-hybridized carbons (Fsp3) is 0.857. The molecule has 0 saturated carbocycles. The molecule has 20 heavy (non-hydrogen) atoms. The number of unbranched alkanes of at least 4 members (excludes halogenated alkanes) is 3. The highest BCUT2D eigenvalue weighted by molar-refractivity contribution is 5.65. The second-order valence-electron chi connectivity index (χ2n) is 4.95. The van der Waals surface area contributed by atoms with Gasteiger partial charge in [-0.15, -0.1) is 0 Å². The van der Waals surface area contributed by atoms with Crippen LogP contribution in [0.5, 0.6) is 0 Å². The van der Waals surface area contributed by atoms with Gasteiger partial charge in [0.1, 0.15) is 0 Å². The van der Waals surface area contributed by atoms with Gasteiger partial charge in [0.25, 0.3) is 0 Å². The third kappa shape index (κ3) is 8.61. The maximum Gasteiger partial charge on any atom is 0.407 e. The van der Waals surface area contributed by atoms with Crippen LogP contribution in [0, 0.1) is 0 Å². The van der Waals surface area contributed by atoms with Gasteiger partial charge < -0.3 is 20.0 Å². The highest BCUT2D eigenvalue weighted by Crippen LogP contribution is 2.05. The molecule has 2 N–H and O–H groups in total. The highest BCUT2D eigenvalue weighted by Gasteiger charge is 2.10. The fourth-order valence-corrected chi connectivity index (χ4v) is 2.10. The molecule has 6 nitrogen and oxygen atoms in total. The van der Waals surface area contributed by atoms with Crippen molar-refractivity contribution >= 4 is 12.2 Å². The van der Waals surface area contributed by atoms with Gasteiger partial charge in [-0.2, -0.15) is 0 Å². The molecular formula is C14H28N2O4. The zero-order chi connectivity index (χ0) is 15.4. The molecule has 0 radical (unpaired) electrons. The molecule has 0 heterocycles. The SMILES string of the molecule is CCCN(CCCCCCN(CCC)C(=O)O)C(=O)O. The summed E-state index contributed by atoms with van der Waals surface area (Å²) in [5, 5.41) is 17.9. The van der Waals surface area contributed by atoms with Crippen molar-refractivity contribution in [1.82, 2.24) is 9.80 Å². The minimum atomic E-state index is -0.855. The third-order valence-corrected chi connectivity index (χ3v) is 3.13. The van der Waals surface area contributed by atoms with Crippen LogP contribution in [-0.2, 0) is 0 Å². The topological polar surface area (TPSA) is 81.1 Å². The predicted octanol–water partition coefficient (Wildman–Crippen LogP) is 3.33. The first-order valence-electron chi connectivity index (χ1n) is 7.48. The number of carboxylic acid groups (broad SMARTS) is 2. The Morgan fingerprint density at radius 2 is 1.05 bits per heavy atom. The number of rotatable bonds is 11. The van der Waals surface area contributed by atoms with Gasteiger partial charge in [-0.1, -0.05) is 26.7 Å². The van der Waals surface area contributed by atoms with Gasteiger partial charge in [0.15, 0.2) is 0 Å². The molecule has 0 spiro atoms.